The van der Waals surface area contributed by atoms with Crippen LogP contribution < -0.4 is 0 Å². The third kappa shape index (κ3) is 3.36. The fraction of sp³-hybridized carbons (Fsp3) is 0.500. The smallest absolute Gasteiger partial charge is 0.113 e. The third-order valence-corrected chi connectivity index (χ3v) is 3.93. The minimum absolute atomic E-state index is 0.464. The van der Waals surface area contributed by atoms with Crippen LogP contribution in [0.4, 0.5) is 0 Å². The molecule has 1 aromatic carbocycles. The molecule has 0 spiro atoms. The number of ether oxygens (including phenoxy) is 1. The fourth-order valence-corrected chi connectivity index (χ4v) is 2.21. The van der Waals surface area contributed by atoms with Gasteiger partial charge in [0, 0.05) is 5.92 Å². The molecule has 1 aromatic rings. The number of hydrogen-bond donors (Lipinski definition) is 0. The van der Waals surface area contributed by atoms with Crippen molar-refractivity contribution in [3.05, 3.63) is 48.2 Å². The Balaban J connectivity index is 1.80. The molecule has 1 heteroatoms. The summed E-state index contributed by atoms with van der Waals surface area (Å²) in [5.74, 6) is 3.01. The zero-order valence-corrected chi connectivity index (χ0v) is 10.9. The van der Waals surface area contributed by atoms with Gasteiger partial charge in [0.1, 0.15) is 6.61 Å². The predicted molar refractivity (Wildman–Crippen MR) is 71.4 cm³/mol. The van der Waals surface area contributed by atoms with Crippen LogP contribution in [0.15, 0.2) is 42.7 Å². The quantitative estimate of drug-likeness (QED) is 0.658. The van der Waals surface area contributed by atoms with E-state index in [4.69, 9.17) is 4.74 Å². The summed E-state index contributed by atoms with van der Waals surface area (Å²) in [6.07, 6.45) is 2.77. The van der Waals surface area contributed by atoms with Crippen molar-refractivity contribution in [3.8, 4) is 0 Å². The molecule has 0 heterocycles. The Morgan fingerprint density at radius 1 is 1.29 bits per heavy atom. The van der Waals surface area contributed by atoms with E-state index in [2.05, 4.69) is 32.6 Å². The Morgan fingerprint density at radius 3 is 2.53 bits per heavy atom. The molecule has 0 unspecified atom stereocenters. The third-order valence-electron chi connectivity index (χ3n) is 3.93. The number of rotatable bonds is 6. The van der Waals surface area contributed by atoms with Crippen molar-refractivity contribution in [2.45, 2.75) is 33.3 Å². The summed E-state index contributed by atoms with van der Waals surface area (Å²) in [5, 5.41) is 0. The van der Waals surface area contributed by atoms with E-state index in [1.54, 1.807) is 0 Å². The van der Waals surface area contributed by atoms with Gasteiger partial charge in [0.25, 0.3) is 0 Å². The van der Waals surface area contributed by atoms with Gasteiger partial charge in [0.15, 0.2) is 0 Å². The molecule has 1 fully saturated rings. The summed E-state index contributed by atoms with van der Waals surface area (Å²) in [5.41, 5.74) is 1.21. The lowest BCUT2D eigenvalue weighted by molar-refractivity contribution is 0.148. The summed E-state index contributed by atoms with van der Waals surface area (Å²) < 4.78 is 5.79. The zero-order valence-electron chi connectivity index (χ0n) is 10.9. The molecule has 92 valence electrons. The fourth-order valence-electron chi connectivity index (χ4n) is 2.21. The molecule has 0 bridgehead atoms. The molecule has 1 aliphatic rings. The topological polar surface area (TPSA) is 9.23 Å². The minimum Gasteiger partial charge on any atom is -0.494 e. The molecule has 1 nitrogen and oxygen atoms in total. The molecular weight excluding hydrogens is 208 g/mol. The highest BCUT2D eigenvalue weighted by Gasteiger charge is 2.32. The SMILES string of the molecule is C=C(OCc1ccccc1)[C@@H](C)[C@H](C)C1CC1. The lowest BCUT2D eigenvalue weighted by Crippen LogP contribution is -2.14. The van der Waals surface area contributed by atoms with Gasteiger partial charge in [-0.3, -0.25) is 0 Å². The van der Waals surface area contributed by atoms with Crippen LogP contribution >= 0.6 is 0 Å². The maximum Gasteiger partial charge on any atom is 0.113 e. The van der Waals surface area contributed by atoms with E-state index in [9.17, 15) is 0 Å². The van der Waals surface area contributed by atoms with Crippen LogP contribution in [0.25, 0.3) is 0 Å². The number of benzene rings is 1. The molecule has 0 N–H and O–H groups in total. The molecule has 1 saturated carbocycles. The monoisotopic (exact) mass is 230 g/mol. The second kappa shape index (κ2) is 5.39. The normalized spacial score (nSPS) is 18.5. The van der Waals surface area contributed by atoms with Crippen molar-refractivity contribution in [1.29, 1.82) is 0 Å². The van der Waals surface area contributed by atoms with Gasteiger partial charge in [0.2, 0.25) is 0 Å². The molecule has 1 aliphatic carbocycles. The maximum absolute atomic E-state index is 5.79. The Hall–Kier alpha value is -1.24. The molecule has 2 atom stereocenters. The molecule has 2 rings (SSSR count). The van der Waals surface area contributed by atoms with Gasteiger partial charge in [-0.25, -0.2) is 0 Å². The van der Waals surface area contributed by atoms with Crippen molar-refractivity contribution in [2.24, 2.45) is 17.8 Å². The van der Waals surface area contributed by atoms with E-state index < -0.39 is 0 Å². The first-order valence-corrected chi connectivity index (χ1v) is 6.54. The van der Waals surface area contributed by atoms with E-state index in [-0.39, 0.29) is 0 Å². The van der Waals surface area contributed by atoms with Crippen LogP contribution in [0, 0.1) is 17.8 Å². The van der Waals surface area contributed by atoms with Gasteiger partial charge in [0.05, 0.1) is 5.76 Å². The second-order valence-corrected chi connectivity index (χ2v) is 5.23. The van der Waals surface area contributed by atoms with Gasteiger partial charge < -0.3 is 4.74 Å². The first-order valence-electron chi connectivity index (χ1n) is 6.54. The van der Waals surface area contributed by atoms with Crippen LogP contribution in [-0.4, -0.2) is 0 Å². The van der Waals surface area contributed by atoms with Crippen molar-refractivity contribution < 1.29 is 4.74 Å². The van der Waals surface area contributed by atoms with Crippen LogP contribution in [0.2, 0.25) is 0 Å². The van der Waals surface area contributed by atoms with Crippen LogP contribution in [-0.2, 0) is 11.3 Å². The summed E-state index contributed by atoms with van der Waals surface area (Å²) >= 11 is 0. The maximum atomic E-state index is 5.79. The van der Waals surface area contributed by atoms with Crippen molar-refractivity contribution >= 4 is 0 Å². The molecule has 0 saturated heterocycles. The first kappa shape index (κ1) is 12.2. The van der Waals surface area contributed by atoms with E-state index in [1.807, 2.05) is 18.2 Å². The zero-order chi connectivity index (χ0) is 12.3. The van der Waals surface area contributed by atoms with Crippen molar-refractivity contribution in [1.82, 2.24) is 0 Å². The number of hydrogen-bond acceptors (Lipinski definition) is 1. The lowest BCUT2D eigenvalue weighted by atomic mass is 9.90. The van der Waals surface area contributed by atoms with Crippen molar-refractivity contribution in [2.75, 3.05) is 0 Å². The highest BCUT2D eigenvalue weighted by atomic mass is 16.5. The lowest BCUT2D eigenvalue weighted by Gasteiger charge is -2.22. The van der Waals surface area contributed by atoms with Crippen LogP contribution in [0.3, 0.4) is 0 Å². The van der Waals surface area contributed by atoms with E-state index >= 15 is 0 Å². The highest BCUT2D eigenvalue weighted by Crippen LogP contribution is 2.42. The second-order valence-electron chi connectivity index (χ2n) is 5.23. The van der Waals surface area contributed by atoms with Crippen molar-refractivity contribution in [3.63, 3.8) is 0 Å². The molecular formula is C16H22O. The molecule has 0 radical (unpaired) electrons. The predicted octanol–water partition coefficient (Wildman–Crippen LogP) is 4.40. The molecule has 17 heavy (non-hydrogen) atoms. The van der Waals surface area contributed by atoms with Gasteiger partial charge >= 0.3 is 0 Å². The highest BCUT2D eigenvalue weighted by molar-refractivity contribution is 5.14. The minimum atomic E-state index is 0.464. The van der Waals surface area contributed by atoms with Gasteiger partial charge in [-0.2, -0.15) is 0 Å². The Morgan fingerprint density at radius 2 is 1.94 bits per heavy atom. The van der Waals surface area contributed by atoms with E-state index in [1.165, 1.54) is 18.4 Å². The van der Waals surface area contributed by atoms with Gasteiger partial charge in [-0.1, -0.05) is 50.8 Å². The largest absolute Gasteiger partial charge is 0.494 e. The number of allylic oxidation sites excluding steroid dienone is 1. The summed E-state index contributed by atoms with van der Waals surface area (Å²) in [7, 11) is 0. The molecule has 0 aromatic heterocycles. The Bertz CT molecular complexity index is 364. The van der Waals surface area contributed by atoms with E-state index in [0.717, 1.165) is 11.7 Å². The van der Waals surface area contributed by atoms with Crippen LogP contribution in [0.1, 0.15) is 32.3 Å². The standard InChI is InChI=1S/C16H22O/c1-12(13(2)16-9-10-16)14(3)17-11-15-7-5-4-6-8-15/h4-8,12-13,16H,3,9-11H2,1-2H3/t12-,13-/m0/s1. The average Bonchev–Trinajstić information content (AvgIpc) is 3.19. The summed E-state index contributed by atoms with van der Waals surface area (Å²) in [4.78, 5) is 0. The summed E-state index contributed by atoms with van der Waals surface area (Å²) in [6, 6.07) is 10.3. The van der Waals surface area contributed by atoms with Crippen LogP contribution in [0.5, 0.6) is 0 Å². The van der Waals surface area contributed by atoms with Gasteiger partial charge in [-0.05, 0) is 30.2 Å². The first-order chi connectivity index (χ1) is 8.18. The average molecular weight is 230 g/mol. The molecule has 0 amide bonds. The Kier molecular flexibility index (Phi) is 3.88. The van der Waals surface area contributed by atoms with E-state index in [0.29, 0.717) is 18.4 Å². The Labute approximate surface area is 104 Å². The summed E-state index contributed by atoms with van der Waals surface area (Å²) in [6.45, 7) is 9.27. The van der Waals surface area contributed by atoms with Gasteiger partial charge in [-0.15, -0.1) is 0 Å². The molecule has 0 aliphatic heterocycles.